The molecule has 122 valence electrons. The van der Waals surface area contributed by atoms with Crippen LogP contribution in [-0.4, -0.2) is 47.7 Å². The first kappa shape index (κ1) is 15.6. The molecule has 1 aromatic carbocycles. The van der Waals surface area contributed by atoms with Gasteiger partial charge in [-0.2, -0.15) is 0 Å². The smallest absolute Gasteiger partial charge is 0.332 e. The zero-order valence-electron chi connectivity index (χ0n) is 13.2. The van der Waals surface area contributed by atoms with E-state index >= 15 is 0 Å². The molecular weight excluding hydrogens is 298 g/mol. The first-order chi connectivity index (χ1) is 11.0. The van der Waals surface area contributed by atoms with Crippen molar-refractivity contribution >= 4 is 22.8 Å². The first-order valence-electron chi connectivity index (χ1n) is 7.52. The lowest BCUT2D eigenvalue weighted by Gasteiger charge is -2.33. The summed E-state index contributed by atoms with van der Waals surface area (Å²) < 4.78 is 10.6. The van der Waals surface area contributed by atoms with Gasteiger partial charge in [0.1, 0.15) is 11.8 Å². The molecule has 1 aromatic heterocycles. The predicted molar refractivity (Wildman–Crippen MR) is 83.5 cm³/mol. The van der Waals surface area contributed by atoms with Crippen LogP contribution in [0.2, 0.25) is 0 Å². The predicted octanol–water partition coefficient (Wildman–Crippen LogP) is 2.45. The fourth-order valence-corrected chi connectivity index (χ4v) is 3.36. The van der Waals surface area contributed by atoms with Crippen LogP contribution in [0.3, 0.4) is 0 Å². The van der Waals surface area contributed by atoms with E-state index in [1.54, 1.807) is 0 Å². The lowest BCUT2D eigenvalue weighted by Crippen LogP contribution is -2.56. The maximum atomic E-state index is 13.0. The quantitative estimate of drug-likeness (QED) is 0.937. The number of nitrogens with zero attached hydrogens (tertiary/aromatic N) is 1. The fourth-order valence-electron chi connectivity index (χ4n) is 3.36. The minimum Gasteiger partial charge on any atom is -0.479 e. The number of carbonyl (C=O) groups is 2. The number of para-hydroxylation sites is 1. The number of carboxylic acid groups (broad SMARTS) is 1. The van der Waals surface area contributed by atoms with Gasteiger partial charge in [-0.1, -0.05) is 18.2 Å². The number of furan rings is 1. The maximum absolute atomic E-state index is 13.0. The Labute approximate surface area is 133 Å². The van der Waals surface area contributed by atoms with Gasteiger partial charge in [0.15, 0.2) is 5.54 Å². The Balaban J connectivity index is 2.04. The average Bonchev–Trinajstić information content (AvgIpc) is 3.12. The normalized spacial score (nSPS) is 21.0. The van der Waals surface area contributed by atoms with Crippen LogP contribution in [0.4, 0.5) is 0 Å². The first-order valence-corrected chi connectivity index (χ1v) is 7.52. The van der Waals surface area contributed by atoms with Gasteiger partial charge in [-0.3, -0.25) is 4.79 Å². The molecule has 0 aliphatic carbocycles. The summed E-state index contributed by atoms with van der Waals surface area (Å²) >= 11 is 0. The van der Waals surface area contributed by atoms with Crippen LogP contribution < -0.4 is 0 Å². The molecule has 1 N–H and O–H groups in total. The minimum atomic E-state index is -1.31. The number of hydrogen-bond donors (Lipinski definition) is 1. The largest absolute Gasteiger partial charge is 0.479 e. The van der Waals surface area contributed by atoms with Crippen molar-refractivity contribution in [3.8, 4) is 0 Å². The van der Waals surface area contributed by atoms with E-state index in [1.807, 2.05) is 25.1 Å². The molecule has 0 bridgehead atoms. The zero-order valence-corrected chi connectivity index (χ0v) is 13.2. The van der Waals surface area contributed by atoms with Crippen LogP contribution in [0.1, 0.15) is 28.8 Å². The second-order valence-electron chi connectivity index (χ2n) is 5.93. The third kappa shape index (κ3) is 2.30. The molecule has 0 radical (unpaired) electrons. The number of carboxylic acids is 1. The van der Waals surface area contributed by atoms with E-state index in [-0.39, 0.29) is 12.5 Å². The van der Waals surface area contributed by atoms with Crippen LogP contribution >= 0.6 is 0 Å². The number of rotatable bonds is 4. The van der Waals surface area contributed by atoms with E-state index in [4.69, 9.17) is 9.15 Å². The SMILES string of the molecule is COCC1(C(=O)O)CCCN1C(=O)c1coc2c(C)cccc12. The van der Waals surface area contributed by atoms with E-state index in [0.717, 1.165) is 5.56 Å². The highest BCUT2D eigenvalue weighted by atomic mass is 16.5. The number of aliphatic carboxylic acids is 1. The summed E-state index contributed by atoms with van der Waals surface area (Å²) in [4.78, 5) is 26.2. The Hall–Kier alpha value is -2.34. The molecule has 6 heteroatoms. The van der Waals surface area contributed by atoms with Crippen LogP contribution in [0, 0.1) is 6.92 Å². The second-order valence-corrected chi connectivity index (χ2v) is 5.93. The van der Waals surface area contributed by atoms with Gasteiger partial charge in [0.25, 0.3) is 5.91 Å². The van der Waals surface area contributed by atoms with Gasteiger partial charge in [-0.15, -0.1) is 0 Å². The summed E-state index contributed by atoms with van der Waals surface area (Å²) in [5.41, 5.74) is 0.679. The summed E-state index contributed by atoms with van der Waals surface area (Å²) in [6, 6.07) is 5.57. The van der Waals surface area contributed by atoms with Crippen molar-refractivity contribution in [3.05, 3.63) is 35.6 Å². The molecule has 2 heterocycles. The lowest BCUT2D eigenvalue weighted by atomic mass is 9.96. The number of aryl methyl sites for hydroxylation is 1. The van der Waals surface area contributed by atoms with E-state index in [2.05, 4.69) is 0 Å². The van der Waals surface area contributed by atoms with Gasteiger partial charge in [-0.25, -0.2) is 4.79 Å². The average molecular weight is 317 g/mol. The van der Waals surface area contributed by atoms with Gasteiger partial charge < -0.3 is 19.2 Å². The number of ether oxygens (including phenoxy) is 1. The number of likely N-dealkylation sites (tertiary alicyclic amines) is 1. The molecule has 0 spiro atoms. The van der Waals surface area contributed by atoms with Gasteiger partial charge in [0, 0.05) is 19.0 Å². The molecule has 1 amide bonds. The summed E-state index contributed by atoms with van der Waals surface area (Å²) in [5, 5.41) is 10.4. The monoisotopic (exact) mass is 317 g/mol. The topological polar surface area (TPSA) is 80.0 Å². The highest BCUT2D eigenvalue weighted by Gasteiger charge is 2.50. The maximum Gasteiger partial charge on any atom is 0.332 e. The molecule has 1 aliphatic rings. The van der Waals surface area contributed by atoms with Crippen molar-refractivity contribution in [2.24, 2.45) is 0 Å². The number of benzene rings is 1. The van der Waals surface area contributed by atoms with E-state index in [0.29, 0.717) is 35.9 Å². The molecule has 23 heavy (non-hydrogen) atoms. The van der Waals surface area contributed by atoms with Crippen LogP contribution in [0.25, 0.3) is 11.0 Å². The van der Waals surface area contributed by atoms with Crippen molar-refractivity contribution in [1.29, 1.82) is 0 Å². The molecule has 1 unspecified atom stereocenters. The number of methoxy groups -OCH3 is 1. The van der Waals surface area contributed by atoms with Crippen molar-refractivity contribution in [2.45, 2.75) is 25.3 Å². The Morgan fingerprint density at radius 1 is 1.43 bits per heavy atom. The molecule has 0 saturated carbocycles. The Morgan fingerprint density at radius 3 is 2.91 bits per heavy atom. The third-order valence-electron chi connectivity index (χ3n) is 4.54. The van der Waals surface area contributed by atoms with Gasteiger partial charge in [0.2, 0.25) is 0 Å². The van der Waals surface area contributed by atoms with E-state index in [1.165, 1.54) is 18.3 Å². The van der Waals surface area contributed by atoms with Crippen molar-refractivity contribution in [1.82, 2.24) is 4.90 Å². The third-order valence-corrected chi connectivity index (χ3v) is 4.54. The summed E-state index contributed by atoms with van der Waals surface area (Å²) in [6.07, 6.45) is 2.44. The van der Waals surface area contributed by atoms with Crippen LogP contribution in [0.5, 0.6) is 0 Å². The van der Waals surface area contributed by atoms with Gasteiger partial charge >= 0.3 is 5.97 Å². The number of carbonyl (C=O) groups excluding carboxylic acids is 1. The molecule has 3 rings (SSSR count). The zero-order chi connectivity index (χ0) is 16.6. The number of fused-ring (bicyclic) bond motifs is 1. The van der Waals surface area contributed by atoms with E-state index < -0.39 is 11.5 Å². The molecular formula is C17H19NO5. The van der Waals surface area contributed by atoms with Crippen molar-refractivity contribution in [2.75, 3.05) is 20.3 Å². The summed E-state index contributed by atoms with van der Waals surface area (Å²) in [7, 11) is 1.45. The molecule has 1 aliphatic heterocycles. The highest BCUT2D eigenvalue weighted by Crippen LogP contribution is 2.34. The Kier molecular flexibility index (Phi) is 3.85. The number of hydrogen-bond acceptors (Lipinski definition) is 4. The summed E-state index contributed by atoms with van der Waals surface area (Å²) in [6.45, 7) is 2.28. The molecule has 1 fully saturated rings. The second kappa shape index (κ2) is 5.70. The van der Waals surface area contributed by atoms with Crippen molar-refractivity contribution in [3.63, 3.8) is 0 Å². The lowest BCUT2D eigenvalue weighted by molar-refractivity contribution is -0.151. The minimum absolute atomic E-state index is 0.0249. The fraction of sp³-hybridized carbons (Fsp3) is 0.412. The molecule has 1 saturated heterocycles. The standard InChI is InChI=1S/C17H19NO5/c1-11-5-3-6-12-13(9-23-14(11)12)15(19)18-8-4-7-17(18,10-22-2)16(20)21/h3,5-6,9H,4,7-8,10H2,1-2H3,(H,20,21). The van der Waals surface area contributed by atoms with Crippen LogP contribution in [0.15, 0.2) is 28.9 Å². The van der Waals surface area contributed by atoms with E-state index in [9.17, 15) is 14.7 Å². The summed E-state index contributed by atoms with van der Waals surface area (Å²) in [5.74, 6) is -1.36. The molecule has 1 atom stereocenters. The molecule has 2 aromatic rings. The Bertz CT molecular complexity index is 765. The van der Waals surface area contributed by atoms with Gasteiger partial charge in [0.05, 0.1) is 12.2 Å². The molecule has 6 nitrogen and oxygen atoms in total. The van der Waals surface area contributed by atoms with Gasteiger partial charge in [-0.05, 0) is 25.3 Å². The number of amides is 1. The van der Waals surface area contributed by atoms with Crippen molar-refractivity contribution < 1.29 is 23.8 Å². The Morgan fingerprint density at radius 2 is 2.22 bits per heavy atom. The highest BCUT2D eigenvalue weighted by molar-refractivity contribution is 6.08. The van der Waals surface area contributed by atoms with Crippen LogP contribution in [-0.2, 0) is 9.53 Å².